The Balaban J connectivity index is 2.26. The van der Waals surface area contributed by atoms with Gasteiger partial charge in [0, 0.05) is 16.7 Å². The van der Waals surface area contributed by atoms with Gasteiger partial charge in [0.05, 0.1) is 5.75 Å². The van der Waals surface area contributed by atoms with Crippen LogP contribution in [0.25, 0.3) is 0 Å². The number of benzene rings is 3. The first kappa shape index (κ1) is 17.3. The monoisotopic (exact) mass is 348 g/mol. The summed E-state index contributed by atoms with van der Waals surface area (Å²) in [5, 5.41) is 0. The molecule has 3 heteroatoms. The third-order valence-electron chi connectivity index (χ3n) is 4.07. The van der Waals surface area contributed by atoms with Gasteiger partial charge in [-0.3, -0.25) is 4.79 Å². The molecule has 3 aromatic rings. The van der Waals surface area contributed by atoms with Gasteiger partial charge < -0.3 is 4.74 Å². The molecule has 0 aliphatic heterocycles. The van der Waals surface area contributed by atoms with Crippen molar-refractivity contribution in [3.8, 4) is 0 Å². The van der Waals surface area contributed by atoms with Crippen molar-refractivity contribution in [1.82, 2.24) is 0 Å². The summed E-state index contributed by atoms with van der Waals surface area (Å²) >= 11 is 1.46. The zero-order chi connectivity index (χ0) is 17.5. The van der Waals surface area contributed by atoms with Crippen LogP contribution in [-0.4, -0.2) is 18.0 Å². The fourth-order valence-electron chi connectivity index (χ4n) is 3.01. The lowest BCUT2D eigenvalue weighted by atomic mass is 9.80. The Morgan fingerprint density at radius 1 is 0.760 bits per heavy atom. The molecule has 0 saturated heterocycles. The Hall–Kier alpha value is -2.52. The van der Waals surface area contributed by atoms with E-state index in [0.717, 1.165) is 16.7 Å². The predicted octanol–water partition coefficient (Wildman–Crippen LogP) is 4.88. The van der Waals surface area contributed by atoms with Crippen LogP contribution in [0.2, 0.25) is 0 Å². The van der Waals surface area contributed by atoms with Gasteiger partial charge in [-0.25, -0.2) is 0 Å². The molecule has 25 heavy (non-hydrogen) atoms. The number of rotatable bonds is 6. The van der Waals surface area contributed by atoms with Crippen LogP contribution in [0.15, 0.2) is 91.0 Å². The lowest BCUT2D eigenvalue weighted by Crippen LogP contribution is -2.35. The van der Waals surface area contributed by atoms with Crippen molar-refractivity contribution in [3.05, 3.63) is 108 Å². The first-order chi connectivity index (χ1) is 12.3. The highest BCUT2D eigenvalue weighted by Gasteiger charge is 2.40. The quantitative estimate of drug-likeness (QED) is 0.469. The topological polar surface area (TPSA) is 26.3 Å². The molecule has 2 nitrogen and oxygen atoms in total. The van der Waals surface area contributed by atoms with Gasteiger partial charge in [-0.05, 0) is 6.26 Å². The molecule has 3 rings (SSSR count). The molecule has 0 fully saturated rings. The lowest BCUT2D eigenvalue weighted by Gasteiger charge is -2.35. The summed E-state index contributed by atoms with van der Waals surface area (Å²) in [5.41, 5.74) is 1.84. The van der Waals surface area contributed by atoms with Crippen LogP contribution in [0.4, 0.5) is 0 Å². The predicted molar refractivity (Wildman–Crippen MR) is 104 cm³/mol. The standard InChI is InChI=1S/C22H20O2S/c1-25-17-21(23)24-22(18-11-5-2-6-12-18,19-13-7-3-8-14-19)20-15-9-4-10-16-20/h2-16H,17H2,1H3. The number of thioether (sulfide) groups is 1. The van der Waals surface area contributed by atoms with Gasteiger partial charge in [0.25, 0.3) is 0 Å². The van der Waals surface area contributed by atoms with Crippen molar-refractivity contribution in [2.75, 3.05) is 12.0 Å². The second-order valence-electron chi connectivity index (χ2n) is 5.69. The minimum Gasteiger partial charge on any atom is -0.444 e. The number of hydrogen-bond acceptors (Lipinski definition) is 3. The Bertz CT molecular complexity index is 705. The molecule has 0 aliphatic carbocycles. The van der Waals surface area contributed by atoms with Crippen LogP contribution in [0.5, 0.6) is 0 Å². The minimum absolute atomic E-state index is 0.232. The van der Waals surface area contributed by atoms with Gasteiger partial charge in [0.2, 0.25) is 0 Å². The van der Waals surface area contributed by atoms with Crippen LogP contribution < -0.4 is 0 Å². The zero-order valence-corrected chi connectivity index (χ0v) is 14.9. The molecule has 0 saturated carbocycles. The van der Waals surface area contributed by atoms with Crippen LogP contribution in [-0.2, 0) is 15.1 Å². The van der Waals surface area contributed by atoms with Crippen molar-refractivity contribution in [3.63, 3.8) is 0 Å². The second kappa shape index (κ2) is 8.04. The van der Waals surface area contributed by atoms with Crippen LogP contribution in [0, 0.1) is 0 Å². The van der Waals surface area contributed by atoms with Gasteiger partial charge in [0.1, 0.15) is 0 Å². The van der Waals surface area contributed by atoms with Gasteiger partial charge in [0.15, 0.2) is 5.60 Å². The fraction of sp³-hybridized carbons (Fsp3) is 0.136. The SMILES string of the molecule is CSCC(=O)OC(c1ccccc1)(c1ccccc1)c1ccccc1. The van der Waals surface area contributed by atoms with E-state index in [1.54, 1.807) is 0 Å². The molecule has 0 bridgehead atoms. The van der Waals surface area contributed by atoms with E-state index in [1.165, 1.54) is 11.8 Å². The summed E-state index contributed by atoms with van der Waals surface area (Å²) in [6.45, 7) is 0. The Morgan fingerprint density at radius 3 is 1.44 bits per heavy atom. The zero-order valence-electron chi connectivity index (χ0n) is 14.1. The van der Waals surface area contributed by atoms with E-state index in [4.69, 9.17) is 4.74 Å². The average molecular weight is 348 g/mol. The van der Waals surface area contributed by atoms with Gasteiger partial charge in [-0.2, -0.15) is 11.8 Å². The summed E-state index contributed by atoms with van der Waals surface area (Å²) in [4.78, 5) is 12.5. The maximum absolute atomic E-state index is 12.5. The van der Waals surface area contributed by atoms with Crippen molar-refractivity contribution in [2.24, 2.45) is 0 Å². The van der Waals surface area contributed by atoms with Crippen LogP contribution in [0.3, 0.4) is 0 Å². The van der Waals surface area contributed by atoms with E-state index >= 15 is 0 Å². The normalized spacial score (nSPS) is 11.1. The smallest absolute Gasteiger partial charge is 0.317 e. The molecular weight excluding hydrogens is 328 g/mol. The second-order valence-corrected chi connectivity index (χ2v) is 6.55. The number of carbonyl (C=O) groups excluding carboxylic acids is 1. The molecule has 0 heterocycles. The molecular formula is C22H20O2S. The lowest BCUT2D eigenvalue weighted by molar-refractivity contribution is -0.150. The Labute approximate surface area is 152 Å². The van der Waals surface area contributed by atoms with E-state index in [9.17, 15) is 4.79 Å². The molecule has 0 radical (unpaired) electrons. The fourth-order valence-corrected chi connectivity index (χ4v) is 3.31. The number of esters is 1. The molecule has 0 amide bonds. The van der Waals surface area contributed by atoms with Crippen molar-refractivity contribution in [2.45, 2.75) is 5.60 Å². The van der Waals surface area contributed by atoms with Crippen LogP contribution >= 0.6 is 11.8 Å². The van der Waals surface area contributed by atoms with Crippen LogP contribution in [0.1, 0.15) is 16.7 Å². The summed E-state index contributed by atoms with van der Waals surface area (Å²) in [6.07, 6.45) is 1.90. The highest BCUT2D eigenvalue weighted by atomic mass is 32.2. The van der Waals surface area contributed by atoms with Gasteiger partial charge >= 0.3 is 5.97 Å². The number of hydrogen-bond donors (Lipinski definition) is 0. The third-order valence-corrected chi connectivity index (χ3v) is 4.59. The molecule has 0 spiro atoms. The van der Waals surface area contributed by atoms with E-state index in [2.05, 4.69) is 0 Å². The molecule has 3 aromatic carbocycles. The number of ether oxygens (including phenoxy) is 1. The first-order valence-corrected chi connectivity index (χ1v) is 9.54. The minimum atomic E-state index is -0.962. The maximum atomic E-state index is 12.5. The Morgan fingerprint density at radius 2 is 1.12 bits per heavy atom. The summed E-state index contributed by atoms with van der Waals surface area (Å²) in [6, 6.07) is 29.8. The largest absolute Gasteiger partial charge is 0.444 e. The molecule has 126 valence electrons. The molecule has 0 unspecified atom stereocenters. The maximum Gasteiger partial charge on any atom is 0.317 e. The van der Waals surface area contributed by atoms with Gasteiger partial charge in [-0.15, -0.1) is 0 Å². The summed E-state index contributed by atoms with van der Waals surface area (Å²) < 4.78 is 6.18. The summed E-state index contributed by atoms with van der Waals surface area (Å²) in [7, 11) is 0. The first-order valence-electron chi connectivity index (χ1n) is 8.14. The van der Waals surface area contributed by atoms with Gasteiger partial charge in [-0.1, -0.05) is 91.0 Å². The van der Waals surface area contributed by atoms with Crippen molar-refractivity contribution in [1.29, 1.82) is 0 Å². The number of carbonyl (C=O) groups is 1. The summed E-state index contributed by atoms with van der Waals surface area (Å²) in [5.74, 6) is 0.0814. The molecule has 0 N–H and O–H groups in total. The van der Waals surface area contributed by atoms with E-state index in [1.807, 2.05) is 97.3 Å². The molecule has 0 atom stereocenters. The van der Waals surface area contributed by atoms with E-state index in [-0.39, 0.29) is 5.97 Å². The Kier molecular flexibility index (Phi) is 5.56. The highest BCUT2D eigenvalue weighted by molar-refractivity contribution is 7.99. The van der Waals surface area contributed by atoms with Crippen molar-refractivity contribution < 1.29 is 9.53 Å². The third kappa shape index (κ3) is 3.62. The van der Waals surface area contributed by atoms with E-state index in [0.29, 0.717) is 5.75 Å². The molecule has 0 aromatic heterocycles. The highest BCUT2D eigenvalue weighted by Crippen LogP contribution is 2.40. The average Bonchev–Trinajstić information content (AvgIpc) is 2.68. The van der Waals surface area contributed by atoms with E-state index < -0.39 is 5.60 Å². The van der Waals surface area contributed by atoms with Crippen molar-refractivity contribution >= 4 is 17.7 Å². The molecule has 0 aliphatic rings.